The van der Waals surface area contributed by atoms with Crippen molar-refractivity contribution in [3.8, 4) is 0 Å². The second-order valence-corrected chi connectivity index (χ2v) is 5.71. The lowest BCUT2D eigenvalue weighted by atomic mass is 9.96. The quantitative estimate of drug-likeness (QED) is 0.842. The molecule has 2 aliphatic carbocycles. The van der Waals surface area contributed by atoms with E-state index in [-0.39, 0.29) is 11.9 Å². The number of halogens is 1. The lowest BCUT2D eigenvalue weighted by Crippen LogP contribution is -2.38. The van der Waals surface area contributed by atoms with Gasteiger partial charge in [0, 0.05) is 6.42 Å². The van der Waals surface area contributed by atoms with Gasteiger partial charge in [-0.1, -0.05) is 24.3 Å². The molecule has 1 saturated carbocycles. The molecule has 0 heterocycles. The molecule has 1 aromatic carbocycles. The molecule has 112 valence electrons. The third-order valence-corrected chi connectivity index (χ3v) is 4.07. The van der Waals surface area contributed by atoms with Crippen LogP contribution >= 0.6 is 0 Å². The Hall–Kier alpha value is -1.49. The third-order valence-electron chi connectivity index (χ3n) is 4.07. The van der Waals surface area contributed by atoms with Crippen molar-refractivity contribution < 1.29 is 19.3 Å². The molecular formula is C17H19FO3. The zero-order valence-corrected chi connectivity index (χ0v) is 11.7. The minimum absolute atomic E-state index is 0.284. The van der Waals surface area contributed by atoms with Crippen molar-refractivity contribution in [3.63, 3.8) is 0 Å². The summed E-state index contributed by atoms with van der Waals surface area (Å²) in [6, 6.07) is 6.34. The Kier molecular flexibility index (Phi) is 3.93. The van der Waals surface area contributed by atoms with E-state index in [1.807, 2.05) is 12.1 Å². The molecule has 4 heteroatoms. The fraction of sp³-hybridized carbons (Fsp3) is 0.412. The fourth-order valence-corrected chi connectivity index (χ4v) is 2.89. The van der Waals surface area contributed by atoms with Crippen molar-refractivity contribution in [3.05, 3.63) is 53.9 Å². The van der Waals surface area contributed by atoms with Crippen molar-refractivity contribution in [2.24, 2.45) is 0 Å². The van der Waals surface area contributed by atoms with E-state index < -0.39 is 11.9 Å². The highest BCUT2D eigenvalue weighted by molar-refractivity contribution is 5.75. The highest BCUT2D eigenvalue weighted by Gasteiger charge is 2.35. The highest BCUT2D eigenvalue weighted by Crippen LogP contribution is 2.32. The van der Waals surface area contributed by atoms with Gasteiger partial charge in [-0.2, -0.15) is 0 Å². The van der Waals surface area contributed by atoms with Gasteiger partial charge in [0.05, 0.1) is 12.2 Å². The van der Waals surface area contributed by atoms with Crippen LogP contribution in [0.25, 0.3) is 5.57 Å². The highest BCUT2D eigenvalue weighted by atomic mass is 19.1. The second kappa shape index (κ2) is 5.72. The molecule has 3 nitrogen and oxygen atoms in total. The van der Waals surface area contributed by atoms with E-state index >= 15 is 0 Å². The van der Waals surface area contributed by atoms with Crippen LogP contribution in [0.1, 0.15) is 31.2 Å². The first-order chi connectivity index (χ1) is 10.1. The Morgan fingerprint density at radius 3 is 2.76 bits per heavy atom. The molecule has 0 spiro atoms. The van der Waals surface area contributed by atoms with Crippen LogP contribution in [0, 0.1) is 5.82 Å². The van der Waals surface area contributed by atoms with E-state index in [1.54, 1.807) is 18.2 Å². The zero-order valence-electron chi connectivity index (χ0n) is 11.7. The Morgan fingerprint density at radius 2 is 2.14 bits per heavy atom. The normalized spacial score (nSPS) is 32.2. The molecule has 0 radical (unpaired) electrons. The van der Waals surface area contributed by atoms with Gasteiger partial charge in [-0.3, -0.25) is 0 Å². The topological polar surface area (TPSA) is 49.7 Å². The van der Waals surface area contributed by atoms with Crippen LogP contribution in [0.2, 0.25) is 0 Å². The maximum Gasteiger partial charge on any atom is 0.189 e. The maximum absolute atomic E-state index is 13.2. The molecule has 0 amide bonds. The van der Waals surface area contributed by atoms with E-state index in [0.29, 0.717) is 6.42 Å². The molecule has 3 rings (SSSR count). The van der Waals surface area contributed by atoms with Gasteiger partial charge >= 0.3 is 0 Å². The van der Waals surface area contributed by atoms with Crippen LogP contribution in [0.15, 0.2) is 42.5 Å². The summed E-state index contributed by atoms with van der Waals surface area (Å²) in [6.45, 7) is 0. The third kappa shape index (κ3) is 3.23. The first-order valence-corrected chi connectivity index (χ1v) is 7.29. The van der Waals surface area contributed by atoms with Crippen molar-refractivity contribution in [1.29, 1.82) is 0 Å². The van der Waals surface area contributed by atoms with Crippen molar-refractivity contribution >= 4 is 5.57 Å². The van der Waals surface area contributed by atoms with E-state index in [0.717, 1.165) is 30.4 Å². The lowest BCUT2D eigenvalue weighted by molar-refractivity contribution is -0.209. The van der Waals surface area contributed by atoms with Gasteiger partial charge in [0.25, 0.3) is 0 Å². The molecule has 3 atom stereocenters. The van der Waals surface area contributed by atoms with Crippen molar-refractivity contribution in [1.82, 2.24) is 0 Å². The molecular weight excluding hydrogens is 271 g/mol. The average molecular weight is 290 g/mol. The van der Waals surface area contributed by atoms with Gasteiger partial charge in [-0.15, -0.1) is 0 Å². The number of allylic oxidation sites excluding steroid dienone is 2. The van der Waals surface area contributed by atoms with Gasteiger partial charge in [0.2, 0.25) is 0 Å². The summed E-state index contributed by atoms with van der Waals surface area (Å²) >= 11 is 0. The minimum Gasteiger partial charge on any atom is -0.390 e. The summed E-state index contributed by atoms with van der Waals surface area (Å²) in [5.41, 5.74) is 1.63. The fourth-order valence-electron chi connectivity index (χ4n) is 2.89. The van der Waals surface area contributed by atoms with Gasteiger partial charge in [-0.05, 0) is 48.6 Å². The van der Waals surface area contributed by atoms with Gasteiger partial charge in [0.15, 0.2) is 5.79 Å². The van der Waals surface area contributed by atoms with E-state index in [9.17, 15) is 14.6 Å². The molecule has 2 N–H and O–H groups in total. The standard InChI is InChI=1S/C17H19FO3/c18-14-4-1-3-13(11-14)12-7-9-17(20,10-8-12)21-16-6-2-5-15(16)19/h1,3-4,7-9,11,15-16,19-20H,2,5-6,10H2. The molecule has 1 aromatic rings. The molecule has 2 aliphatic rings. The molecule has 0 aromatic heterocycles. The number of aliphatic hydroxyl groups is 2. The van der Waals surface area contributed by atoms with Crippen LogP contribution in [-0.4, -0.2) is 28.2 Å². The number of ether oxygens (including phenoxy) is 1. The van der Waals surface area contributed by atoms with Crippen LogP contribution in [-0.2, 0) is 4.74 Å². The summed E-state index contributed by atoms with van der Waals surface area (Å²) in [4.78, 5) is 0. The van der Waals surface area contributed by atoms with E-state index in [4.69, 9.17) is 4.74 Å². The Balaban J connectivity index is 1.70. The predicted molar refractivity (Wildman–Crippen MR) is 77.8 cm³/mol. The summed E-state index contributed by atoms with van der Waals surface area (Å²) < 4.78 is 18.9. The smallest absolute Gasteiger partial charge is 0.189 e. The lowest BCUT2D eigenvalue weighted by Gasteiger charge is -2.31. The number of hydrogen-bond acceptors (Lipinski definition) is 3. The first kappa shape index (κ1) is 14.4. The zero-order chi connectivity index (χ0) is 14.9. The number of hydrogen-bond donors (Lipinski definition) is 2. The number of aliphatic hydroxyl groups excluding tert-OH is 1. The largest absolute Gasteiger partial charge is 0.390 e. The Morgan fingerprint density at radius 1 is 1.29 bits per heavy atom. The molecule has 3 unspecified atom stereocenters. The summed E-state index contributed by atoms with van der Waals surface area (Å²) in [6.07, 6.45) is 7.01. The summed E-state index contributed by atoms with van der Waals surface area (Å²) in [7, 11) is 0. The minimum atomic E-state index is -1.38. The Labute approximate surface area is 123 Å². The second-order valence-electron chi connectivity index (χ2n) is 5.71. The van der Waals surface area contributed by atoms with Crippen LogP contribution in [0.4, 0.5) is 4.39 Å². The van der Waals surface area contributed by atoms with Crippen molar-refractivity contribution in [2.45, 2.75) is 43.7 Å². The first-order valence-electron chi connectivity index (χ1n) is 7.29. The Bertz CT molecular complexity index is 581. The molecule has 1 fully saturated rings. The number of rotatable bonds is 3. The van der Waals surface area contributed by atoms with Crippen molar-refractivity contribution in [2.75, 3.05) is 0 Å². The monoisotopic (exact) mass is 290 g/mol. The number of benzene rings is 1. The molecule has 21 heavy (non-hydrogen) atoms. The molecule has 0 saturated heterocycles. The predicted octanol–water partition coefficient (Wildman–Crippen LogP) is 2.79. The van der Waals surface area contributed by atoms with Crippen LogP contribution < -0.4 is 0 Å². The molecule has 0 aliphatic heterocycles. The maximum atomic E-state index is 13.2. The van der Waals surface area contributed by atoms with Gasteiger partial charge in [0.1, 0.15) is 5.82 Å². The van der Waals surface area contributed by atoms with Gasteiger partial charge in [-0.25, -0.2) is 4.39 Å². The average Bonchev–Trinajstić information content (AvgIpc) is 2.84. The SMILES string of the molecule is OC1CCCC1OC1(O)C=CC(c2cccc(F)c2)=CC1. The molecule has 0 bridgehead atoms. The van der Waals surface area contributed by atoms with Crippen LogP contribution in [0.3, 0.4) is 0 Å². The van der Waals surface area contributed by atoms with Crippen LogP contribution in [0.5, 0.6) is 0 Å². The summed E-state index contributed by atoms with van der Waals surface area (Å²) in [5.74, 6) is -1.67. The van der Waals surface area contributed by atoms with Gasteiger partial charge < -0.3 is 14.9 Å². The van der Waals surface area contributed by atoms with E-state index in [1.165, 1.54) is 12.1 Å². The summed E-state index contributed by atoms with van der Waals surface area (Å²) in [5, 5.41) is 20.2. The van der Waals surface area contributed by atoms with E-state index in [2.05, 4.69) is 0 Å².